The third-order valence-corrected chi connectivity index (χ3v) is 2.26. The van der Waals surface area contributed by atoms with E-state index >= 15 is 0 Å². The van der Waals surface area contributed by atoms with E-state index in [1.54, 1.807) is 6.07 Å². The van der Waals surface area contributed by atoms with Gasteiger partial charge in [0.2, 0.25) is 0 Å². The zero-order chi connectivity index (χ0) is 14.0. The number of ether oxygens (including phenoxy) is 2. The molecule has 0 amide bonds. The Morgan fingerprint density at radius 3 is 2.21 bits per heavy atom. The first-order chi connectivity index (χ1) is 8.97. The molecule has 0 atom stereocenters. The lowest BCUT2D eigenvalue weighted by Crippen LogP contribution is -2.11. The minimum atomic E-state index is -1.68. The monoisotopic (exact) mass is 284 g/mol. The van der Waals surface area contributed by atoms with Gasteiger partial charge in [-0.2, -0.15) is 0 Å². The van der Waals surface area contributed by atoms with Gasteiger partial charge in [0.05, 0.1) is 10.5 Å². The molecule has 0 unspecified atom stereocenters. The first-order valence-corrected chi connectivity index (χ1v) is 5.13. The van der Waals surface area contributed by atoms with Crippen molar-refractivity contribution in [2.75, 3.05) is 0 Å². The number of carbonyl (C=O) groups is 2. The molecule has 98 valence electrons. The normalized spacial score (nSPS) is 10.2. The van der Waals surface area contributed by atoms with E-state index in [1.807, 2.05) is 0 Å². The predicted octanol–water partition coefficient (Wildman–Crippen LogP) is 2.40. The Morgan fingerprint density at radius 2 is 1.63 bits per heavy atom. The number of benzene rings is 1. The quantitative estimate of drug-likeness (QED) is 0.807. The number of hydrogen-bond donors (Lipinski definition) is 2. The van der Waals surface area contributed by atoms with Crippen molar-refractivity contribution >= 4 is 34.9 Å². The smallest absolute Gasteiger partial charge is 0.449 e. The Labute approximate surface area is 110 Å². The van der Waals surface area contributed by atoms with Crippen molar-refractivity contribution in [2.24, 2.45) is 0 Å². The molecule has 2 N–H and O–H groups in total. The van der Waals surface area contributed by atoms with Crippen LogP contribution in [0.15, 0.2) is 18.2 Å². The van der Waals surface area contributed by atoms with Crippen LogP contribution in [0.3, 0.4) is 0 Å². The Balaban J connectivity index is 2.62. The first-order valence-electron chi connectivity index (χ1n) is 4.75. The fourth-order valence-electron chi connectivity index (χ4n) is 1.31. The number of carboxylic acid groups (broad SMARTS) is 2. The maximum Gasteiger partial charge on any atom is 0.512 e. The third kappa shape index (κ3) is 2.80. The molecule has 0 aliphatic rings. The van der Waals surface area contributed by atoms with E-state index in [2.05, 4.69) is 19.4 Å². The molecule has 2 aromatic rings. The molecular formula is C10H5ClN2O6. The van der Waals surface area contributed by atoms with E-state index in [0.717, 1.165) is 0 Å². The van der Waals surface area contributed by atoms with Gasteiger partial charge in [-0.25, -0.2) is 19.6 Å². The molecule has 0 spiro atoms. The number of nitrogens with zero attached hydrogens (tertiary/aromatic N) is 2. The fourth-order valence-corrected chi connectivity index (χ4v) is 1.52. The molecule has 0 fully saturated rings. The van der Waals surface area contributed by atoms with Crippen LogP contribution in [0, 0.1) is 0 Å². The lowest BCUT2D eigenvalue weighted by atomic mass is 10.3. The van der Waals surface area contributed by atoms with Gasteiger partial charge in [0, 0.05) is 0 Å². The van der Waals surface area contributed by atoms with Crippen LogP contribution in [0.25, 0.3) is 11.0 Å². The van der Waals surface area contributed by atoms with Crippen molar-refractivity contribution in [1.82, 2.24) is 9.97 Å². The minimum Gasteiger partial charge on any atom is -0.449 e. The van der Waals surface area contributed by atoms with Crippen molar-refractivity contribution in [3.8, 4) is 11.8 Å². The number of aromatic nitrogens is 2. The Morgan fingerprint density at radius 1 is 1.05 bits per heavy atom. The minimum absolute atomic E-state index is 0.165. The molecule has 9 heteroatoms. The highest BCUT2D eigenvalue weighted by Gasteiger charge is 2.18. The van der Waals surface area contributed by atoms with Gasteiger partial charge in [0.25, 0.3) is 11.8 Å². The van der Waals surface area contributed by atoms with Gasteiger partial charge >= 0.3 is 12.3 Å². The average molecular weight is 285 g/mol. The topological polar surface area (TPSA) is 119 Å². The average Bonchev–Trinajstić information content (AvgIpc) is 2.29. The maximum absolute atomic E-state index is 10.5. The molecular weight excluding hydrogens is 280 g/mol. The molecule has 19 heavy (non-hydrogen) atoms. The van der Waals surface area contributed by atoms with Gasteiger partial charge in [-0.3, -0.25) is 0 Å². The van der Waals surface area contributed by atoms with Crippen LogP contribution in [-0.4, -0.2) is 32.5 Å². The second-order valence-corrected chi connectivity index (χ2v) is 3.58. The van der Waals surface area contributed by atoms with Crippen molar-refractivity contribution < 1.29 is 29.3 Å². The number of fused-ring (bicyclic) bond motifs is 1. The standard InChI is InChI=1S/C10H5ClN2O6/c11-4-2-1-3-5-6(4)13-8(19-10(16)17)7(12-5)18-9(14)15/h1-3H,(H,14,15)(H,16,17). The lowest BCUT2D eigenvalue weighted by Gasteiger charge is -2.07. The van der Waals surface area contributed by atoms with Gasteiger partial charge in [-0.05, 0) is 12.1 Å². The zero-order valence-electron chi connectivity index (χ0n) is 9.03. The summed E-state index contributed by atoms with van der Waals surface area (Å²) in [4.78, 5) is 28.6. The lowest BCUT2D eigenvalue weighted by molar-refractivity contribution is 0.129. The maximum atomic E-state index is 10.5. The molecule has 0 saturated heterocycles. The van der Waals surface area contributed by atoms with Gasteiger partial charge in [0.15, 0.2) is 0 Å². The van der Waals surface area contributed by atoms with Gasteiger partial charge in [-0.1, -0.05) is 17.7 Å². The van der Waals surface area contributed by atoms with E-state index < -0.39 is 24.1 Å². The molecule has 1 heterocycles. The molecule has 0 aliphatic heterocycles. The van der Waals surface area contributed by atoms with Crippen LogP contribution in [-0.2, 0) is 0 Å². The van der Waals surface area contributed by atoms with E-state index in [1.165, 1.54) is 12.1 Å². The summed E-state index contributed by atoms with van der Waals surface area (Å²) in [7, 11) is 0. The third-order valence-electron chi connectivity index (χ3n) is 1.95. The number of halogens is 1. The van der Waals surface area contributed by atoms with Gasteiger partial charge < -0.3 is 19.7 Å². The largest absolute Gasteiger partial charge is 0.512 e. The summed E-state index contributed by atoms with van der Waals surface area (Å²) < 4.78 is 8.61. The predicted molar refractivity (Wildman–Crippen MR) is 61.9 cm³/mol. The summed E-state index contributed by atoms with van der Waals surface area (Å²) in [5, 5.41) is 17.3. The molecule has 0 bridgehead atoms. The molecule has 0 saturated carbocycles. The number of rotatable bonds is 2. The summed E-state index contributed by atoms with van der Waals surface area (Å²) in [5.41, 5.74) is 0.402. The fraction of sp³-hybridized carbons (Fsp3) is 0. The summed E-state index contributed by atoms with van der Waals surface area (Å²) in [5.74, 6) is -1.18. The summed E-state index contributed by atoms with van der Waals surface area (Å²) in [6.45, 7) is 0. The van der Waals surface area contributed by atoms with Gasteiger partial charge in [-0.15, -0.1) is 0 Å². The Kier molecular flexibility index (Phi) is 3.34. The summed E-state index contributed by atoms with van der Waals surface area (Å²) in [6.07, 6.45) is -3.36. The van der Waals surface area contributed by atoms with E-state index in [9.17, 15) is 9.59 Å². The van der Waals surface area contributed by atoms with Gasteiger partial charge in [0.1, 0.15) is 5.52 Å². The molecule has 2 rings (SSSR count). The van der Waals surface area contributed by atoms with Crippen molar-refractivity contribution in [2.45, 2.75) is 0 Å². The van der Waals surface area contributed by atoms with Crippen LogP contribution >= 0.6 is 11.6 Å². The highest BCUT2D eigenvalue weighted by atomic mass is 35.5. The zero-order valence-corrected chi connectivity index (χ0v) is 9.79. The molecule has 0 radical (unpaired) electrons. The number of para-hydroxylation sites is 1. The molecule has 0 aliphatic carbocycles. The van der Waals surface area contributed by atoms with Crippen molar-refractivity contribution in [3.05, 3.63) is 23.2 Å². The molecule has 1 aromatic carbocycles. The molecule has 1 aromatic heterocycles. The van der Waals surface area contributed by atoms with Crippen LogP contribution in [0.5, 0.6) is 11.8 Å². The summed E-state index contributed by atoms with van der Waals surface area (Å²) >= 11 is 5.86. The highest BCUT2D eigenvalue weighted by Crippen LogP contribution is 2.29. The van der Waals surface area contributed by atoms with E-state index in [0.29, 0.717) is 0 Å². The Hall–Kier alpha value is -2.61. The number of hydrogen-bond acceptors (Lipinski definition) is 6. The summed E-state index contributed by atoms with van der Waals surface area (Å²) in [6, 6.07) is 4.59. The van der Waals surface area contributed by atoms with E-state index in [4.69, 9.17) is 21.8 Å². The van der Waals surface area contributed by atoms with Crippen LogP contribution in [0.2, 0.25) is 5.02 Å². The SMILES string of the molecule is O=C(O)Oc1nc2cccc(Cl)c2nc1OC(=O)O. The van der Waals surface area contributed by atoms with Crippen LogP contribution in [0.4, 0.5) is 9.59 Å². The van der Waals surface area contributed by atoms with Crippen molar-refractivity contribution in [1.29, 1.82) is 0 Å². The second kappa shape index (κ2) is 4.94. The van der Waals surface area contributed by atoms with Crippen LogP contribution < -0.4 is 9.47 Å². The molecule has 8 nitrogen and oxygen atoms in total. The van der Waals surface area contributed by atoms with Crippen molar-refractivity contribution in [3.63, 3.8) is 0 Å². The Bertz CT molecular complexity index is 674. The van der Waals surface area contributed by atoms with E-state index in [-0.39, 0.29) is 16.1 Å². The highest BCUT2D eigenvalue weighted by molar-refractivity contribution is 6.34. The first kappa shape index (κ1) is 12.8. The second-order valence-electron chi connectivity index (χ2n) is 3.18. The van der Waals surface area contributed by atoms with Crippen LogP contribution in [0.1, 0.15) is 0 Å².